The summed E-state index contributed by atoms with van der Waals surface area (Å²) >= 11 is 0. The molecule has 0 aliphatic carbocycles. The zero-order chi connectivity index (χ0) is 23.8. The Morgan fingerprint density at radius 1 is 1.06 bits per heavy atom. The van der Waals surface area contributed by atoms with Gasteiger partial charge in [-0.2, -0.15) is 9.40 Å². The van der Waals surface area contributed by atoms with E-state index < -0.39 is 15.9 Å². The highest BCUT2D eigenvalue weighted by molar-refractivity contribution is 7.89. The Bertz CT molecular complexity index is 1330. The second kappa shape index (κ2) is 8.80. The van der Waals surface area contributed by atoms with Gasteiger partial charge in [-0.05, 0) is 62.2 Å². The van der Waals surface area contributed by atoms with Crippen LogP contribution >= 0.6 is 0 Å². The van der Waals surface area contributed by atoms with Gasteiger partial charge in [-0.1, -0.05) is 12.1 Å². The van der Waals surface area contributed by atoms with Crippen LogP contribution in [0.5, 0.6) is 0 Å². The highest BCUT2D eigenvalue weighted by Gasteiger charge is 2.29. The number of amides is 2. The van der Waals surface area contributed by atoms with E-state index in [-0.39, 0.29) is 36.0 Å². The van der Waals surface area contributed by atoms with Crippen molar-refractivity contribution in [3.8, 4) is 5.69 Å². The van der Waals surface area contributed by atoms with E-state index in [2.05, 4.69) is 21.8 Å². The van der Waals surface area contributed by atoms with Gasteiger partial charge in [0.1, 0.15) is 5.82 Å². The molecule has 9 nitrogen and oxygen atoms in total. The smallest absolute Gasteiger partial charge is 0.256 e. The number of nitrogens with one attached hydrogen (secondary N) is 2. The molecule has 2 aromatic carbocycles. The number of carbonyl (C=O) groups excluding carboxylic acids is 2. The number of carbonyl (C=O) groups is 2. The molecule has 0 spiro atoms. The van der Waals surface area contributed by atoms with Crippen LogP contribution in [0.4, 0.5) is 5.82 Å². The fraction of sp³-hybridized carbons (Fsp3) is 0.261. The minimum Gasteiger partial charge on any atom is -0.354 e. The normalized spacial score (nSPS) is 14.7. The van der Waals surface area contributed by atoms with Crippen molar-refractivity contribution < 1.29 is 18.0 Å². The van der Waals surface area contributed by atoms with Crippen LogP contribution in [-0.4, -0.2) is 54.0 Å². The third kappa shape index (κ3) is 4.81. The molecule has 10 heteroatoms. The third-order valence-corrected chi connectivity index (χ3v) is 7.10. The van der Waals surface area contributed by atoms with Gasteiger partial charge < -0.3 is 10.6 Å². The molecule has 0 radical (unpaired) electrons. The maximum atomic E-state index is 13.0. The zero-order valence-corrected chi connectivity index (χ0v) is 19.4. The summed E-state index contributed by atoms with van der Waals surface area (Å²) in [6.45, 7) is 5.99. The van der Waals surface area contributed by atoms with Crippen LogP contribution in [0.25, 0.3) is 5.69 Å². The number of anilines is 1. The predicted octanol–water partition coefficient (Wildman–Crippen LogP) is 2.17. The molecule has 2 heterocycles. The van der Waals surface area contributed by atoms with Crippen LogP contribution in [0.3, 0.4) is 0 Å². The molecule has 4 rings (SSSR count). The number of piperazine rings is 1. The summed E-state index contributed by atoms with van der Waals surface area (Å²) in [5, 5.41) is 9.94. The lowest BCUT2D eigenvalue weighted by Gasteiger charge is -2.26. The predicted molar refractivity (Wildman–Crippen MR) is 124 cm³/mol. The van der Waals surface area contributed by atoms with Crippen molar-refractivity contribution in [3.05, 3.63) is 70.9 Å². The number of hydrogen-bond acceptors (Lipinski definition) is 5. The summed E-state index contributed by atoms with van der Waals surface area (Å²) in [6.07, 6.45) is 0. The minimum atomic E-state index is -3.91. The SMILES string of the molecule is Cc1cc(C)cc(-n2nc(C)cc2NC(=O)c2cccc(S(=O)(=O)N3CCNC(=O)C3)c2)c1. The molecule has 1 fully saturated rings. The van der Waals surface area contributed by atoms with E-state index in [1.807, 2.05) is 32.9 Å². The van der Waals surface area contributed by atoms with Crippen molar-refractivity contribution in [2.75, 3.05) is 25.0 Å². The maximum Gasteiger partial charge on any atom is 0.256 e. The van der Waals surface area contributed by atoms with Crippen LogP contribution in [-0.2, 0) is 14.8 Å². The van der Waals surface area contributed by atoms with Crippen LogP contribution < -0.4 is 10.6 Å². The van der Waals surface area contributed by atoms with Gasteiger partial charge in [0.2, 0.25) is 15.9 Å². The van der Waals surface area contributed by atoms with Gasteiger partial charge in [-0.3, -0.25) is 9.59 Å². The molecule has 172 valence electrons. The molecule has 2 N–H and O–H groups in total. The largest absolute Gasteiger partial charge is 0.354 e. The molecule has 0 atom stereocenters. The average Bonchev–Trinajstić information content (AvgIpc) is 3.13. The Labute approximate surface area is 192 Å². The van der Waals surface area contributed by atoms with Crippen LogP contribution in [0.2, 0.25) is 0 Å². The summed E-state index contributed by atoms with van der Waals surface area (Å²) in [4.78, 5) is 24.6. The van der Waals surface area contributed by atoms with Crippen molar-refractivity contribution in [2.45, 2.75) is 25.7 Å². The Kier molecular flexibility index (Phi) is 6.05. The van der Waals surface area contributed by atoms with E-state index >= 15 is 0 Å². The fourth-order valence-electron chi connectivity index (χ4n) is 3.81. The van der Waals surface area contributed by atoms with Crippen LogP contribution in [0.15, 0.2) is 53.4 Å². The number of hydrogen-bond donors (Lipinski definition) is 2. The molecule has 0 bridgehead atoms. The standard InChI is InChI=1S/C23H25N5O4S/c1-15-9-16(2)11-19(10-15)28-21(12-17(3)26-28)25-23(30)18-5-4-6-20(13-18)33(31,32)27-8-7-24-22(29)14-27/h4-6,9-13H,7-8,14H2,1-3H3,(H,24,29)(H,25,30). The quantitative estimate of drug-likeness (QED) is 0.597. The number of aromatic nitrogens is 2. The molecule has 1 aliphatic rings. The van der Waals surface area contributed by atoms with Gasteiger partial charge in [0.25, 0.3) is 5.91 Å². The van der Waals surface area contributed by atoms with Gasteiger partial charge in [0, 0.05) is 24.7 Å². The van der Waals surface area contributed by atoms with E-state index in [1.165, 1.54) is 18.2 Å². The maximum absolute atomic E-state index is 13.0. The molecule has 1 aliphatic heterocycles. The van der Waals surface area contributed by atoms with Gasteiger partial charge in [0.05, 0.1) is 22.8 Å². The van der Waals surface area contributed by atoms with Crippen molar-refractivity contribution in [1.82, 2.24) is 19.4 Å². The van der Waals surface area contributed by atoms with Crippen LogP contribution in [0.1, 0.15) is 27.2 Å². The molecule has 2 amide bonds. The van der Waals surface area contributed by atoms with Gasteiger partial charge in [-0.15, -0.1) is 0 Å². The van der Waals surface area contributed by atoms with Gasteiger partial charge in [-0.25, -0.2) is 13.1 Å². The van der Waals surface area contributed by atoms with E-state index in [1.54, 1.807) is 16.8 Å². The molecular weight excluding hydrogens is 442 g/mol. The highest BCUT2D eigenvalue weighted by atomic mass is 32.2. The van der Waals surface area contributed by atoms with Gasteiger partial charge >= 0.3 is 0 Å². The topological polar surface area (TPSA) is 113 Å². The Hall–Kier alpha value is -3.50. The summed E-state index contributed by atoms with van der Waals surface area (Å²) in [6, 6.07) is 13.5. The van der Waals surface area contributed by atoms with Crippen molar-refractivity contribution in [1.29, 1.82) is 0 Å². The first-order valence-corrected chi connectivity index (χ1v) is 11.9. The molecule has 0 unspecified atom stereocenters. The molecule has 3 aromatic rings. The lowest BCUT2D eigenvalue weighted by atomic mass is 10.1. The Morgan fingerprint density at radius 3 is 2.48 bits per heavy atom. The first-order chi connectivity index (χ1) is 15.6. The van der Waals surface area contributed by atoms with E-state index in [9.17, 15) is 18.0 Å². The Morgan fingerprint density at radius 2 is 1.79 bits per heavy atom. The third-order valence-electron chi connectivity index (χ3n) is 5.26. The van der Waals surface area contributed by atoms with Crippen LogP contribution in [0, 0.1) is 20.8 Å². The first kappa shape index (κ1) is 22.7. The molecular formula is C23H25N5O4S. The van der Waals surface area contributed by atoms with Crippen molar-refractivity contribution >= 4 is 27.7 Å². The van der Waals surface area contributed by atoms with E-state index in [4.69, 9.17) is 0 Å². The second-order valence-electron chi connectivity index (χ2n) is 8.10. The van der Waals surface area contributed by atoms with E-state index in [0.717, 1.165) is 26.8 Å². The monoisotopic (exact) mass is 467 g/mol. The first-order valence-electron chi connectivity index (χ1n) is 10.5. The van der Waals surface area contributed by atoms with Crippen molar-refractivity contribution in [3.63, 3.8) is 0 Å². The summed E-state index contributed by atoms with van der Waals surface area (Å²) < 4.78 is 28.7. The minimum absolute atomic E-state index is 0.0381. The fourth-order valence-corrected chi connectivity index (χ4v) is 5.26. The zero-order valence-electron chi connectivity index (χ0n) is 18.6. The number of aryl methyl sites for hydroxylation is 3. The Balaban J connectivity index is 1.61. The average molecular weight is 468 g/mol. The number of rotatable bonds is 5. The highest BCUT2D eigenvalue weighted by Crippen LogP contribution is 2.22. The lowest BCUT2D eigenvalue weighted by Crippen LogP contribution is -2.49. The molecule has 1 saturated heterocycles. The molecule has 33 heavy (non-hydrogen) atoms. The van der Waals surface area contributed by atoms with Gasteiger partial charge in [0.15, 0.2) is 0 Å². The molecule has 1 aromatic heterocycles. The molecule has 0 saturated carbocycles. The summed E-state index contributed by atoms with van der Waals surface area (Å²) in [5.41, 5.74) is 3.86. The van der Waals surface area contributed by atoms with Crippen molar-refractivity contribution in [2.24, 2.45) is 0 Å². The summed E-state index contributed by atoms with van der Waals surface area (Å²) in [5.74, 6) is -0.342. The summed E-state index contributed by atoms with van der Waals surface area (Å²) in [7, 11) is -3.91. The number of nitrogens with zero attached hydrogens (tertiary/aromatic N) is 3. The second-order valence-corrected chi connectivity index (χ2v) is 10.0. The van der Waals surface area contributed by atoms with E-state index in [0.29, 0.717) is 5.82 Å². The number of sulfonamides is 1. The number of benzene rings is 2. The lowest BCUT2D eigenvalue weighted by molar-refractivity contribution is -0.122.